The number of hydrogen-bond donors (Lipinski definition) is 0. The molecule has 0 aliphatic carbocycles. The molecule has 1 atom stereocenters. The van der Waals surface area contributed by atoms with E-state index in [-0.39, 0.29) is 12.2 Å². The number of aromatic nitrogens is 2. The molecule has 1 aliphatic heterocycles. The number of thiazole rings is 1. The highest BCUT2D eigenvalue weighted by molar-refractivity contribution is 7.98. The van der Waals surface area contributed by atoms with Gasteiger partial charge in [-0.25, -0.2) is 9.79 Å². The van der Waals surface area contributed by atoms with Gasteiger partial charge in [0.05, 0.1) is 28.5 Å². The zero-order chi connectivity index (χ0) is 28.7. The predicted molar refractivity (Wildman–Crippen MR) is 163 cm³/mol. The fourth-order valence-electron chi connectivity index (χ4n) is 5.45. The molecule has 1 aliphatic rings. The van der Waals surface area contributed by atoms with Crippen molar-refractivity contribution in [3.05, 3.63) is 113 Å². The van der Waals surface area contributed by atoms with Crippen molar-refractivity contribution < 1.29 is 9.53 Å². The summed E-state index contributed by atoms with van der Waals surface area (Å²) in [6.07, 6.45) is 3.96. The SMILES string of the molecule is CCOC(=O)C1=C(C)N=c2s/c(=C/c3cc(C)n(-c4cc(C)cc(C)c4)c3C)c(=O)n2[C@H]1c1ccc(SC)cc1. The van der Waals surface area contributed by atoms with Gasteiger partial charge in [0.2, 0.25) is 0 Å². The molecule has 8 heteroatoms. The topological polar surface area (TPSA) is 65.6 Å². The Balaban J connectivity index is 1.69. The molecule has 0 bridgehead atoms. The molecule has 0 unspecified atom stereocenters. The van der Waals surface area contributed by atoms with Crippen molar-refractivity contribution in [2.45, 2.75) is 52.5 Å². The number of nitrogens with zero attached hydrogens (tertiary/aromatic N) is 3. The maximum atomic E-state index is 14.0. The highest BCUT2D eigenvalue weighted by Gasteiger charge is 2.33. The Hall–Kier alpha value is -3.62. The number of rotatable bonds is 6. The van der Waals surface area contributed by atoms with Gasteiger partial charge in [0.25, 0.3) is 5.56 Å². The quantitative estimate of drug-likeness (QED) is 0.225. The van der Waals surface area contributed by atoms with Gasteiger partial charge < -0.3 is 9.30 Å². The lowest BCUT2D eigenvalue weighted by Gasteiger charge is -2.24. The van der Waals surface area contributed by atoms with Crippen LogP contribution in [0.25, 0.3) is 11.8 Å². The van der Waals surface area contributed by atoms with E-state index in [1.54, 1.807) is 23.3 Å². The van der Waals surface area contributed by atoms with Crippen LogP contribution in [0.1, 0.15) is 53.5 Å². The Bertz CT molecular complexity index is 1820. The standard InChI is InChI=1S/C32H33N3O3S2/c1-8-38-31(37)28-21(5)33-32-35(29(28)23-9-11-26(39-7)12-10-23)30(36)27(40-32)17-24-16-20(4)34(22(24)6)25-14-18(2)13-19(3)15-25/h9-17,29H,8H2,1-7H3/b27-17+/t29-/m0/s1. The van der Waals surface area contributed by atoms with Gasteiger partial charge in [-0.1, -0.05) is 29.5 Å². The van der Waals surface area contributed by atoms with Crippen LogP contribution in [-0.2, 0) is 9.53 Å². The Morgan fingerprint density at radius 3 is 2.35 bits per heavy atom. The first-order valence-electron chi connectivity index (χ1n) is 13.2. The van der Waals surface area contributed by atoms with Gasteiger partial charge in [0, 0.05) is 22.0 Å². The van der Waals surface area contributed by atoms with Crippen LogP contribution in [0.2, 0.25) is 0 Å². The van der Waals surface area contributed by atoms with E-state index in [1.165, 1.54) is 22.5 Å². The summed E-state index contributed by atoms with van der Waals surface area (Å²) in [7, 11) is 0. The van der Waals surface area contributed by atoms with E-state index in [9.17, 15) is 9.59 Å². The van der Waals surface area contributed by atoms with Gasteiger partial charge in [0.15, 0.2) is 4.80 Å². The van der Waals surface area contributed by atoms with E-state index in [2.05, 4.69) is 56.5 Å². The van der Waals surface area contributed by atoms with Crippen LogP contribution in [0, 0.1) is 27.7 Å². The molecule has 206 valence electrons. The van der Waals surface area contributed by atoms with E-state index >= 15 is 0 Å². The zero-order valence-corrected chi connectivity index (χ0v) is 25.5. The van der Waals surface area contributed by atoms with Crippen LogP contribution in [0.4, 0.5) is 0 Å². The minimum Gasteiger partial charge on any atom is -0.463 e. The molecule has 0 saturated carbocycles. The number of allylic oxidation sites excluding steroid dienone is 1. The maximum Gasteiger partial charge on any atom is 0.338 e. The number of thioether (sulfide) groups is 1. The highest BCUT2D eigenvalue weighted by Crippen LogP contribution is 2.32. The van der Waals surface area contributed by atoms with Crippen LogP contribution in [0.3, 0.4) is 0 Å². The molecule has 0 radical (unpaired) electrons. The second-order valence-corrected chi connectivity index (χ2v) is 12.0. The van der Waals surface area contributed by atoms with Gasteiger partial charge >= 0.3 is 5.97 Å². The van der Waals surface area contributed by atoms with Crippen molar-refractivity contribution in [1.29, 1.82) is 0 Å². The van der Waals surface area contributed by atoms with Gasteiger partial charge in [-0.3, -0.25) is 9.36 Å². The van der Waals surface area contributed by atoms with Gasteiger partial charge in [-0.05, 0) is 106 Å². The molecule has 2 aromatic heterocycles. The normalized spacial score (nSPS) is 15.3. The Morgan fingerprint density at radius 2 is 1.73 bits per heavy atom. The zero-order valence-electron chi connectivity index (χ0n) is 23.9. The summed E-state index contributed by atoms with van der Waals surface area (Å²) >= 11 is 2.99. The van der Waals surface area contributed by atoms with E-state index in [0.717, 1.165) is 33.1 Å². The monoisotopic (exact) mass is 571 g/mol. The average molecular weight is 572 g/mol. The molecular formula is C32H33N3O3S2. The summed E-state index contributed by atoms with van der Waals surface area (Å²) in [5, 5.41) is 0. The number of benzene rings is 2. The third kappa shape index (κ3) is 5.02. The lowest BCUT2D eigenvalue weighted by molar-refractivity contribution is -0.139. The highest BCUT2D eigenvalue weighted by atomic mass is 32.2. The van der Waals surface area contributed by atoms with Crippen molar-refractivity contribution in [3.8, 4) is 5.69 Å². The lowest BCUT2D eigenvalue weighted by Crippen LogP contribution is -2.39. The predicted octanol–water partition coefficient (Wildman–Crippen LogP) is 5.54. The number of aryl methyl sites for hydroxylation is 3. The second kappa shape index (κ2) is 11.1. The first-order valence-corrected chi connectivity index (χ1v) is 15.3. The van der Waals surface area contributed by atoms with Crippen LogP contribution in [-0.4, -0.2) is 28.0 Å². The van der Waals surface area contributed by atoms with Crippen LogP contribution in [0.15, 0.2) is 74.5 Å². The fourth-order valence-corrected chi connectivity index (χ4v) is 6.89. The molecule has 0 fully saturated rings. The third-order valence-corrected chi connectivity index (χ3v) is 8.90. The molecule has 5 rings (SSSR count). The molecule has 2 aromatic carbocycles. The second-order valence-electron chi connectivity index (χ2n) is 10.1. The van der Waals surface area contributed by atoms with E-state index < -0.39 is 12.0 Å². The van der Waals surface area contributed by atoms with Crippen molar-refractivity contribution in [2.24, 2.45) is 4.99 Å². The molecule has 40 heavy (non-hydrogen) atoms. The van der Waals surface area contributed by atoms with Crippen LogP contribution < -0.4 is 14.9 Å². The minimum absolute atomic E-state index is 0.173. The van der Waals surface area contributed by atoms with Crippen molar-refractivity contribution in [2.75, 3.05) is 12.9 Å². The number of esters is 1. The number of ether oxygens (including phenoxy) is 1. The maximum absolute atomic E-state index is 14.0. The van der Waals surface area contributed by atoms with Crippen molar-refractivity contribution in [3.63, 3.8) is 0 Å². The van der Waals surface area contributed by atoms with Crippen molar-refractivity contribution in [1.82, 2.24) is 9.13 Å². The summed E-state index contributed by atoms with van der Waals surface area (Å²) in [6, 6.07) is 16.0. The molecule has 4 aromatic rings. The molecule has 6 nitrogen and oxygen atoms in total. The van der Waals surface area contributed by atoms with E-state index in [4.69, 9.17) is 9.73 Å². The largest absolute Gasteiger partial charge is 0.463 e. The van der Waals surface area contributed by atoms with Gasteiger partial charge in [-0.15, -0.1) is 11.8 Å². The number of hydrogen-bond acceptors (Lipinski definition) is 6. The van der Waals surface area contributed by atoms with E-state index in [0.29, 0.717) is 20.6 Å². The first kappa shape index (κ1) is 27.9. The molecule has 0 spiro atoms. The number of carbonyl (C=O) groups excluding carboxylic acids is 1. The fraction of sp³-hybridized carbons (Fsp3) is 0.281. The number of fused-ring (bicyclic) bond motifs is 1. The Morgan fingerprint density at radius 1 is 1.05 bits per heavy atom. The van der Waals surface area contributed by atoms with E-state index in [1.807, 2.05) is 43.5 Å². The summed E-state index contributed by atoms with van der Waals surface area (Å²) in [6.45, 7) is 12.2. The average Bonchev–Trinajstić information content (AvgIpc) is 3.36. The summed E-state index contributed by atoms with van der Waals surface area (Å²) < 4.78 is 9.86. The molecule has 0 amide bonds. The van der Waals surface area contributed by atoms with Gasteiger partial charge in [-0.2, -0.15) is 0 Å². The Kier molecular flexibility index (Phi) is 7.75. The van der Waals surface area contributed by atoms with Gasteiger partial charge in [0.1, 0.15) is 0 Å². The summed E-state index contributed by atoms with van der Waals surface area (Å²) in [5.41, 5.74) is 8.27. The Labute approximate surface area is 242 Å². The van der Waals surface area contributed by atoms with Crippen molar-refractivity contribution >= 4 is 35.1 Å². The third-order valence-electron chi connectivity index (χ3n) is 7.17. The first-order chi connectivity index (χ1) is 19.1. The number of carbonyl (C=O) groups is 1. The van der Waals surface area contributed by atoms with Crippen LogP contribution in [0.5, 0.6) is 0 Å². The van der Waals surface area contributed by atoms with Crippen LogP contribution >= 0.6 is 23.1 Å². The molecule has 0 saturated heterocycles. The minimum atomic E-state index is -0.615. The molecular weight excluding hydrogens is 539 g/mol. The molecule has 3 heterocycles. The summed E-state index contributed by atoms with van der Waals surface area (Å²) in [4.78, 5) is 33.5. The molecule has 0 N–H and O–H groups in total. The summed E-state index contributed by atoms with van der Waals surface area (Å²) in [5.74, 6) is -0.450. The lowest BCUT2D eigenvalue weighted by atomic mass is 9.96. The smallest absolute Gasteiger partial charge is 0.338 e.